The Bertz CT molecular complexity index is 349. The van der Waals surface area contributed by atoms with E-state index in [4.69, 9.17) is 5.11 Å². The number of aliphatic carboxylic acids is 1. The van der Waals surface area contributed by atoms with Crippen LogP contribution < -0.4 is 0 Å². The fraction of sp³-hybridized carbons (Fsp3) is 0.857. The van der Waals surface area contributed by atoms with Gasteiger partial charge in [0.25, 0.3) is 0 Å². The topological polar surface area (TPSA) is 57.6 Å². The molecule has 0 heterocycles. The molecule has 0 aromatic carbocycles. The molecule has 2 atom stereocenters. The predicted octanol–water partition coefficient (Wildman–Crippen LogP) is 2.13. The van der Waals surface area contributed by atoms with Crippen molar-refractivity contribution in [3.63, 3.8) is 0 Å². The predicted molar refractivity (Wildman–Crippen MR) is 68.0 cm³/mol. The van der Waals surface area contributed by atoms with E-state index in [-0.39, 0.29) is 23.8 Å². The Labute approximate surface area is 108 Å². The van der Waals surface area contributed by atoms with E-state index in [1.807, 2.05) is 20.8 Å². The van der Waals surface area contributed by atoms with E-state index in [2.05, 4.69) is 0 Å². The van der Waals surface area contributed by atoms with E-state index >= 15 is 0 Å². The fourth-order valence-corrected chi connectivity index (χ4v) is 3.12. The minimum absolute atomic E-state index is 0.0303. The summed E-state index contributed by atoms with van der Waals surface area (Å²) < 4.78 is 0. The standard InChI is InChI=1S/C14H23NO3/c1-14(2,3)15(5-4-12(16)17)13(18)11-7-9-6-10(9)8-11/h9-11H,4-8H2,1-3H3,(H,16,17). The zero-order valence-corrected chi connectivity index (χ0v) is 11.5. The lowest BCUT2D eigenvalue weighted by Crippen LogP contribution is -2.49. The Hall–Kier alpha value is -1.06. The highest BCUT2D eigenvalue weighted by Crippen LogP contribution is 2.54. The van der Waals surface area contributed by atoms with E-state index in [9.17, 15) is 9.59 Å². The SMILES string of the molecule is CC(C)(C)N(CCC(=O)O)C(=O)C1CC2CC2C1. The maximum absolute atomic E-state index is 12.5. The van der Waals surface area contributed by atoms with Gasteiger partial charge in [0.15, 0.2) is 0 Å². The van der Waals surface area contributed by atoms with Crippen molar-refractivity contribution in [1.82, 2.24) is 4.90 Å². The molecule has 0 radical (unpaired) electrons. The Morgan fingerprint density at radius 1 is 1.17 bits per heavy atom. The van der Waals surface area contributed by atoms with Gasteiger partial charge in [-0.15, -0.1) is 0 Å². The van der Waals surface area contributed by atoms with Gasteiger partial charge in [-0.3, -0.25) is 9.59 Å². The fourth-order valence-electron chi connectivity index (χ4n) is 3.12. The number of nitrogens with zero attached hydrogens (tertiary/aromatic N) is 1. The maximum atomic E-state index is 12.5. The lowest BCUT2D eigenvalue weighted by Gasteiger charge is -2.37. The highest BCUT2D eigenvalue weighted by molar-refractivity contribution is 5.80. The largest absolute Gasteiger partial charge is 0.481 e. The van der Waals surface area contributed by atoms with Gasteiger partial charge in [-0.2, -0.15) is 0 Å². The summed E-state index contributed by atoms with van der Waals surface area (Å²) in [6, 6.07) is 0. The molecule has 2 aliphatic carbocycles. The zero-order chi connectivity index (χ0) is 13.5. The van der Waals surface area contributed by atoms with Gasteiger partial charge in [-0.1, -0.05) is 0 Å². The van der Waals surface area contributed by atoms with Crippen molar-refractivity contribution in [3.05, 3.63) is 0 Å². The van der Waals surface area contributed by atoms with Crippen molar-refractivity contribution >= 4 is 11.9 Å². The van der Waals surface area contributed by atoms with Gasteiger partial charge in [0.2, 0.25) is 5.91 Å². The lowest BCUT2D eigenvalue weighted by atomic mass is 9.97. The van der Waals surface area contributed by atoms with E-state index in [0.29, 0.717) is 6.54 Å². The van der Waals surface area contributed by atoms with Crippen LogP contribution in [0.15, 0.2) is 0 Å². The Kier molecular flexibility index (Phi) is 3.39. The van der Waals surface area contributed by atoms with Crippen molar-refractivity contribution in [3.8, 4) is 0 Å². The summed E-state index contributed by atoms with van der Waals surface area (Å²) >= 11 is 0. The lowest BCUT2D eigenvalue weighted by molar-refractivity contribution is -0.143. The third-order valence-electron chi connectivity index (χ3n) is 4.22. The molecule has 1 N–H and O–H groups in total. The van der Waals surface area contributed by atoms with Crippen LogP contribution >= 0.6 is 0 Å². The summed E-state index contributed by atoms with van der Waals surface area (Å²) in [7, 11) is 0. The summed E-state index contributed by atoms with van der Waals surface area (Å²) in [6.45, 7) is 6.25. The van der Waals surface area contributed by atoms with Crippen LogP contribution in [-0.4, -0.2) is 34.0 Å². The van der Waals surface area contributed by atoms with Gasteiger partial charge >= 0.3 is 5.97 Å². The monoisotopic (exact) mass is 253 g/mol. The zero-order valence-electron chi connectivity index (χ0n) is 11.5. The van der Waals surface area contributed by atoms with Crippen molar-refractivity contribution in [2.45, 2.75) is 52.0 Å². The van der Waals surface area contributed by atoms with Crippen LogP contribution in [0.4, 0.5) is 0 Å². The molecule has 0 aromatic rings. The number of carbonyl (C=O) groups is 2. The minimum atomic E-state index is -0.841. The van der Waals surface area contributed by atoms with Crippen molar-refractivity contribution in [1.29, 1.82) is 0 Å². The van der Waals surface area contributed by atoms with Crippen molar-refractivity contribution < 1.29 is 14.7 Å². The molecule has 2 unspecified atom stereocenters. The Morgan fingerprint density at radius 2 is 1.72 bits per heavy atom. The molecule has 0 aromatic heterocycles. The van der Waals surface area contributed by atoms with Crippen molar-refractivity contribution in [2.75, 3.05) is 6.54 Å². The molecule has 2 saturated carbocycles. The highest BCUT2D eigenvalue weighted by atomic mass is 16.4. The van der Waals surface area contributed by atoms with Gasteiger partial charge in [0.1, 0.15) is 0 Å². The number of rotatable bonds is 4. The summed E-state index contributed by atoms with van der Waals surface area (Å²) in [6.07, 6.45) is 3.36. The number of carboxylic acid groups (broad SMARTS) is 1. The van der Waals surface area contributed by atoms with Crippen LogP contribution in [-0.2, 0) is 9.59 Å². The number of hydrogen-bond donors (Lipinski definition) is 1. The number of hydrogen-bond acceptors (Lipinski definition) is 2. The minimum Gasteiger partial charge on any atom is -0.481 e. The molecular formula is C14H23NO3. The second kappa shape index (κ2) is 4.56. The third kappa shape index (κ3) is 2.85. The molecule has 0 bridgehead atoms. The summed E-state index contributed by atoms with van der Waals surface area (Å²) in [5.74, 6) is 1.02. The van der Waals surface area contributed by atoms with Crippen molar-refractivity contribution in [2.24, 2.45) is 17.8 Å². The summed E-state index contributed by atoms with van der Waals surface area (Å²) in [4.78, 5) is 25.0. The molecule has 0 aliphatic heterocycles. The second-order valence-electron chi connectivity index (χ2n) is 6.73. The van der Waals surface area contributed by atoms with Gasteiger partial charge in [0, 0.05) is 18.0 Å². The van der Waals surface area contributed by atoms with E-state index in [0.717, 1.165) is 24.7 Å². The molecule has 1 amide bonds. The summed E-state index contributed by atoms with van der Waals surface area (Å²) in [5.41, 5.74) is -0.292. The highest BCUT2D eigenvalue weighted by Gasteiger charge is 2.49. The summed E-state index contributed by atoms with van der Waals surface area (Å²) in [5, 5.41) is 8.79. The van der Waals surface area contributed by atoms with Crippen LogP contribution in [0.3, 0.4) is 0 Å². The van der Waals surface area contributed by atoms with Gasteiger partial charge in [-0.05, 0) is 51.9 Å². The Balaban J connectivity index is 1.98. The average Bonchev–Trinajstić information content (AvgIpc) is 2.83. The van der Waals surface area contributed by atoms with Crippen LogP contribution in [0.2, 0.25) is 0 Å². The first-order chi connectivity index (χ1) is 8.29. The number of carbonyl (C=O) groups excluding carboxylic acids is 1. The number of amides is 1. The first-order valence-electron chi connectivity index (χ1n) is 6.82. The first kappa shape index (κ1) is 13.4. The average molecular weight is 253 g/mol. The number of carboxylic acids is 1. The second-order valence-corrected chi connectivity index (χ2v) is 6.73. The molecular weight excluding hydrogens is 230 g/mol. The molecule has 4 heteroatoms. The Morgan fingerprint density at radius 3 is 2.17 bits per heavy atom. The van der Waals surface area contributed by atoms with Crippen LogP contribution in [0.1, 0.15) is 46.5 Å². The van der Waals surface area contributed by atoms with Gasteiger partial charge in [0.05, 0.1) is 6.42 Å². The van der Waals surface area contributed by atoms with Crippen LogP contribution in [0.25, 0.3) is 0 Å². The van der Waals surface area contributed by atoms with Crippen LogP contribution in [0.5, 0.6) is 0 Å². The molecule has 2 aliphatic rings. The number of fused-ring (bicyclic) bond motifs is 1. The van der Waals surface area contributed by atoms with Crippen LogP contribution in [0, 0.1) is 17.8 Å². The smallest absolute Gasteiger partial charge is 0.305 e. The molecule has 0 saturated heterocycles. The van der Waals surface area contributed by atoms with E-state index < -0.39 is 5.97 Å². The van der Waals surface area contributed by atoms with Gasteiger partial charge in [-0.25, -0.2) is 0 Å². The quantitative estimate of drug-likeness (QED) is 0.835. The maximum Gasteiger partial charge on any atom is 0.305 e. The molecule has 2 fully saturated rings. The van der Waals surface area contributed by atoms with E-state index in [1.165, 1.54) is 6.42 Å². The first-order valence-corrected chi connectivity index (χ1v) is 6.82. The normalized spacial score (nSPS) is 29.8. The van der Waals surface area contributed by atoms with Gasteiger partial charge < -0.3 is 10.0 Å². The molecule has 102 valence electrons. The third-order valence-corrected chi connectivity index (χ3v) is 4.22. The van der Waals surface area contributed by atoms with E-state index in [1.54, 1.807) is 4.90 Å². The molecule has 4 nitrogen and oxygen atoms in total. The molecule has 18 heavy (non-hydrogen) atoms. The molecule has 2 rings (SSSR count). The molecule has 0 spiro atoms.